The quantitative estimate of drug-likeness (QED) is 0.920. The number of carbonyl (C=O) groups is 1. The van der Waals surface area contributed by atoms with Crippen LogP contribution < -0.4 is 5.73 Å². The Morgan fingerprint density at radius 1 is 1.43 bits per heavy atom. The Balaban J connectivity index is 2.07. The van der Waals surface area contributed by atoms with E-state index in [0.717, 1.165) is 24.9 Å². The zero-order valence-corrected chi connectivity index (χ0v) is 13.3. The highest BCUT2D eigenvalue weighted by Gasteiger charge is 2.30. The standard InChI is InChI=1S/C17H26N2O2/c1-12-4-5-13(2)14(8-12)9-17(20)19-7-6-16(21-3)10-15(19)11-18/h4-5,8,15-16H,6-7,9-11,18H2,1-3H3. The lowest BCUT2D eigenvalue weighted by molar-refractivity contribution is -0.136. The summed E-state index contributed by atoms with van der Waals surface area (Å²) in [5, 5.41) is 0. The van der Waals surface area contributed by atoms with Gasteiger partial charge in [0.05, 0.1) is 12.5 Å². The van der Waals surface area contributed by atoms with Crippen LogP contribution in [0.5, 0.6) is 0 Å². The van der Waals surface area contributed by atoms with Gasteiger partial charge in [-0.25, -0.2) is 0 Å². The van der Waals surface area contributed by atoms with Crippen LogP contribution in [0.15, 0.2) is 18.2 Å². The second-order valence-corrected chi connectivity index (χ2v) is 5.97. The van der Waals surface area contributed by atoms with Gasteiger partial charge in [0.2, 0.25) is 5.91 Å². The average Bonchev–Trinajstić information content (AvgIpc) is 2.50. The van der Waals surface area contributed by atoms with Crippen molar-refractivity contribution in [2.75, 3.05) is 20.2 Å². The molecule has 116 valence electrons. The third-order valence-corrected chi connectivity index (χ3v) is 4.44. The minimum atomic E-state index is 0.0984. The molecule has 4 nitrogen and oxygen atoms in total. The van der Waals surface area contributed by atoms with Crippen LogP contribution in [0.4, 0.5) is 0 Å². The summed E-state index contributed by atoms with van der Waals surface area (Å²) < 4.78 is 5.41. The topological polar surface area (TPSA) is 55.6 Å². The first-order valence-corrected chi connectivity index (χ1v) is 7.63. The largest absolute Gasteiger partial charge is 0.381 e. The number of nitrogens with two attached hydrogens (primary N) is 1. The predicted octanol–water partition coefficient (Wildman–Crippen LogP) is 1.81. The molecule has 1 fully saturated rings. The van der Waals surface area contributed by atoms with Crippen LogP contribution >= 0.6 is 0 Å². The fourth-order valence-corrected chi connectivity index (χ4v) is 3.04. The van der Waals surface area contributed by atoms with Gasteiger partial charge in [-0.3, -0.25) is 4.79 Å². The maximum Gasteiger partial charge on any atom is 0.227 e. The van der Waals surface area contributed by atoms with E-state index in [2.05, 4.69) is 32.0 Å². The molecule has 2 unspecified atom stereocenters. The van der Waals surface area contributed by atoms with E-state index in [-0.39, 0.29) is 18.1 Å². The molecule has 1 saturated heterocycles. The molecule has 0 saturated carbocycles. The third-order valence-electron chi connectivity index (χ3n) is 4.44. The zero-order chi connectivity index (χ0) is 15.4. The average molecular weight is 290 g/mol. The van der Waals surface area contributed by atoms with Gasteiger partial charge in [-0.2, -0.15) is 0 Å². The summed E-state index contributed by atoms with van der Waals surface area (Å²) in [7, 11) is 1.73. The smallest absolute Gasteiger partial charge is 0.227 e. The van der Waals surface area contributed by atoms with Gasteiger partial charge in [0.15, 0.2) is 0 Å². The van der Waals surface area contributed by atoms with Gasteiger partial charge in [0.25, 0.3) is 0 Å². The molecular weight excluding hydrogens is 264 g/mol. The van der Waals surface area contributed by atoms with Gasteiger partial charge in [0.1, 0.15) is 0 Å². The molecule has 21 heavy (non-hydrogen) atoms. The fraction of sp³-hybridized carbons (Fsp3) is 0.588. The van der Waals surface area contributed by atoms with Crippen LogP contribution in [-0.2, 0) is 16.0 Å². The van der Waals surface area contributed by atoms with E-state index in [1.54, 1.807) is 7.11 Å². The number of piperidine rings is 1. The number of carbonyl (C=O) groups excluding carboxylic acids is 1. The Morgan fingerprint density at radius 3 is 2.86 bits per heavy atom. The molecule has 0 spiro atoms. The molecule has 1 aromatic rings. The minimum absolute atomic E-state index is 0.0984. The van der Waals surface area contributed by atoms with Crippen molar-refractivity contribution in [3.05, 3.63) is 34.9 Å². The summed E-state index contributed by atoms with van der Waals surface area (Å²) in [6.07, 6.45) is 2.42. The van der Waals surface area contributed by atoms with Crippen molar-refractivity contribution < 1.29 is 9.53 Å². The Hall–Kier alpha value is -1.39. The molecule has 2 N–H and O–H groups in total. The van der Waals surface area contributed by atoms with Crippen LogP contribution in [0.1, 0.15) is 29.5 Å². The second-order valence-electron chi connectivity index (χ2n) is 5.97. The lowest BCUT2D eigenvalue weighted by Crippen LogP contribution is -2.51. The molecular formula is C17H26N2O2. The molecule has 1 aliphatic heterocycles. The van der Waals surface area contributed by atoms with Crippen molar-refractivity contribution >= 4 is 5.91 Å². The van der Waals surface area contributed by atoms with Crippen molar-refractivity contribution in [2.45, 2.75) is 45.3 Å². The van der Waals surface area contributed by atoms with Gasteiger partial charge in [-0.1, -0.05) is 23.8 Å². The van der Waals surface area contributed by atoms with E-state index in [4.69, 9.17) is 10.5 Å². The molecule has 0 bridgehead atoms. The Bertz CT molecular complexity index is 502. The molecule has 1 heterocycles. The number of hydrogen-bond acceptors (Lipinski definition) is 3. The molecule has 4 heteroatoms. The van der Waals surface area contributed by atoms with Gasteiger partial charge >= 0.3 is 0 Å². The molecule has 2 atom stereocenters. The number of rotatable bonds is 4. The monoisotopic (exact) mass is 290 g/mol. The maximum atomic E-state index is 12.6. The highest BCUT2D eigenvalue weighted by Crippen LogP contribution is 2.21. The fourth-order valence-electron chi connectivity index (χ4n) is 3.04. The first-order valence-electron chi connectivity index (χ1n) is 7.63. The van der Waals surface area contributed by atoms with E-state index in [9.17, 15) is 4.79 Å². The molecule has 0 aliphatic carbocycles. The minimum Gasteiger partial charge on any atom is -0.381 e. The number of aryl methyl sites for hydroxylation is 2. The lowest BCUT2D eigenvalue weighted by atomic mass is 9.97. The summed E-state index contributed by atoms with van der Waals surface area (Å²) in [6, 6.07) is 6.36. The molecule has 0 aromatic heterocycles. The van der Waals surface area contributed by atoms with Crippen LogP contribution in [0.25, 0.3) is 0 Å². The summed E-state index contributed by atoms with van der Waals surface area (Å²) in [5.74, 6) is 0.175. The predicted molar refractivity (Wildman–Crippen MR) is 84.2 cm³/mol. The van der Waals surface area contributed by atoms with E-state index in [1.807, 2.05) is 4.90 Å². The number of amides is 1. The zero-order valence-electron chi connectivity index (χ0n) is 13.3. The number of hydrogen-bond donors (Lipinski definition) is 1. The van der Waals surface area contributed by atoms with Crippen molar-refractivity contribution in [3.8, 4) is 0 Å². The van der Waals surface area contributed by atoms with Gasteiger partial charge in [-0.15, -0.1) is 0 Å². The number of benzene rings is 1. The van der Waals surface area contributed by atoms with E-state index < -0.39 is 0 Å². The van der Waals surface area contributed by atoms with Gasteiger partial charge in [-0.05, 0) is 37.8 Å². The third kappa shape index (κ3) is 3.83. The van der Waals surface area contributed by atoms with Crippen molar-refractivity contribution in [1.82, 2.24) is 4.90 Å². The van der Waals surface area contributed by atoms with Crippen molar-refractivity contribution in [3.63, 3.8) is 0 Å². The van der Waals surface area contributed by atoms with E-state index >= 15 is 0 Å². The van der Waals surface area contributed by atoms with Gasteiger partial charge < -0.3 is 15.4 Å². The Kier molecular flexibility index (Phi) is 5.37. The summed E-state index contributed by atoms with van der Waals surface area (Å²) in [6.45, 7) is 5.35. The Morgan fingerprint density at radius 2 is 2.19 bits per heavy atom. The van der Waals surface area contributed by atoms with Crippen LogP contribution in [0, 0.1) is 13.8 Å². The maximum absolute atomic E-state index is 12.6. The molecule has 0 radical (unpaired) electrons. The normalized spacial score (nSPS) is 22.4. The first-order chi connectivity index (χ1) is 10.0. The van der Waals surface area contributed by atoms with Gasteiger partial charge in [0, 0.05) is 26.2 Å². The number of nitrogens with zero attached hydrogens (tertiary/aromatic N) is 1. The van der Waals surface area contributed by atoms with Crippen LogP contribution in [-0.4, -0.2) is 43.2 Å². The number of likely N-dealkylation sites (tertiary alicyclic amines) is 1. The highest BCUT2D eigenvalue weighted by atomic mass is 16.5. The molecule has 1 aliphatic rings. The summed E-state index contributed by atoms with van der Waals surface area (Å²) >= 11 is 0. The van der Waals surface area contributed by atoms with Crippen molar-refractivity contribution in [2.24, 2.45) is 5.73 Å². The number of ether oxygens (including phenoxy) is 1. The van der Waals surface area contributed by atoms with E-state index in [0.29, 0.717) is 13.0 Å². The van der Waals surface area contributed by atoms with Crippen LogP contribution in [0.3, 0.4) is 0 Å². The highest BCUT2D eigenvalue weighted by molar-refractivity contribution is 5.79. The summed E-state index contributed by atoms with van der Waals surface area (Å²) in [5.41, 5.74) is 9.32. The van der Waals surface area contributed by atoms with Crippen molar-refractivity contribution in [1.29, 1.82) is 0 Å². The van der Waals surface area contributed by atoms with E-state index in [1.165, 1.54) is 11.1 Å². The number of methoxy groups -OCH3 is 1. The molecule has 2 rings (SSSR count). The summed E-state index contributed by atoms with van der Waals surface area (Å²) in [4.78, 5) is 14.6. The van der Waals surface area contributed by atoms with Crippen LogP contribution in [0.2, 0.25) is 0 Å². The molecule has 1 aromatic carbocycles. The Labute approximate surface area is 127 Å². The second kappa shape index (κ2) is 7.05. The lowest BCUT2D eigenvalue weighted by Gasteiger charge is -2.38. The molecule has 1 amide bonds. The first kappa shape index (κ1) is 16.0. The SMILES string of the molecule is COC1CCN(C(=O)Cc2cc(C)ccc2C)C(CN)C1.